The fraction of sp³-hybridized carbons (Fsp3) is 0.333. The molecule has 1 spiro atoms. The van der Waals surface area contributed by atoms with Gasteiger partial charge < -0.3 is 20.1 Å². The summed E-state index contributed by atoms with van der Waals surface area (Å²) in [5.41, 5.74) is 5.37. The Balaban J connectivity index is 1.75. The van der Waals surface area contributed by atoms with Gasteiger partial charge in [0.25, 0.3) is 0 Å². The fourth-order valence-electron chi connectivity index (χ4n) is 4.62. The van der Waals surface area contributed by atoms with E-state index in [9.17, 15) is 5.11 Å². The molecule has 2 N–H and O–H groups in total. The summed E-state index contributed by atoms with van der Waals surface area (Å²) in [5, 5.41) is 14.9. The van der Waals surface area contributed by atoms with Crippen LogP contribution in [0.1, 0.15) is 37.5 Å². The van der Waals surface area contributed by atoms with Crippen LogP contribution in [-0.2, 0) is 17.1 Å². The van der Waals surface area contributed by atoms with E-state index in [1.807, 2.05) is 24.3 Å². The standard InChI is InChI=1S/C21H22N2O2/c1-13-11-20(2,3)23-18-15(13)8-6-9-16(18)21(19(23)24)22-17-10-5-4-7-14(17)12-25-21/h4-11,19,22,24H,12H2,1-3H3/t19-,21-/m1/s1. The second kappa shape index (κ2) is 4.65. The molecule has 0 aliphatic carbocycles. The molecular formula is C21H22N2O2. The Labute approximate surface area is 147 Å². The minimum absolute atomic E-state index is 0.294. The van der Waals surface area contributed by atoms with Crippen LogP contribution in [-0.4, -0.2) is 16.9 Å². The van der Waals surface area contributed by atoms with Crippen LogP contribution < -0.4 is 10.2 Å². The van der Waals surface area contributed by atoms with Gasteiger partial charge in [-0.25, -0.2) is 0 Å². The van der Waals surface area contributed by atoms with Crippen LogP contribution in [0.15, 0.2) is 48.5 Å². The number of ether oxygens (including phenoxy) is 1. The molecule has 3 aliphatic rings. The highest BCUT2D eigenvalue weighted by Crippen LogP contribution is 2.55. The first-order valence-electron chi connectivity index (χ1n) is 8.75. The van der Waals surface area contributed by atoms with Crippen LogP contribution in [0.4, 0.5) is 11.4 Å². The summed E-state index contributed by atoms with van der Waals surface area (Å²) in [7, 11) is 0. The van der Waals surface area contributed by atoms with Crippen molar-refractivity contribution in [2.75, 3.05) is 10.2 Å². The van der Waals surface area contributed by atoms with Crippen LogP contribution in [0.3, 0.4) is 0 Å². The lowest BCUT2D eigenvalue weighted by molar-refractivity contribution is -0.119. The summed E-state index contributed by atoms with van der Waals surface area (Å²) in [6.07, 6.45) is 1.41. The van der Waals surface area contributed by atoms with Gasteiger partial charge >= 0.3 is 0 Å². The minimum atomic E-state index is -0.949. The van der Waals surface area contributed by atoms with E-state index in [4.69, 9.17) is 4.74 Å². The van der Waals surface area contributed by atoms with Crippen molar-refractivity contribution in [2.24, 2.45) is 0 Å². The number of hydrogen-bond donors (Lipinski definition) is 2. The lowest BCUT2D eigenvalue weighted by atomic mass is 9.89. The average molecular weight is 334 g/mol. The maximum Gasteiger partial charge on any atom is 0.213 e. The Bertz CT molecular complexity index is 918. The normalized spacial score (nSPS) is 28.2. The molecule has 2 aromatic rings. The van der Waals surface area contributed by atoms with Crippen molar-refractivity contribution < 1.29 is 9.84 Å². The zero-order chi connectivity index (χ0) is 17.4. The molecule has 0 bridgehead atoms. The lowest BCUT2D eigenvalue weighted by Gasteiger charge is -2.45. The Morgan fingerprint density at radius 2 is 1.96 bits per heavy atom. The van der Waals surface area contributed by atoms with Gasteiger partial charge in [-0.05, 0) is 32.4 Å². The van der Waals surface area contributed by atoms with Gasteiger partial charge in [-0.15, -0.1) is 0 Å². The molecule has 5 rings (SSSR count). The number of benzene rings is 2. The summed E-state index contributed by atoms with van der Waals surface area (Å²) in [4.78, 5) is 2.09. The number of nitrogens with one attached hydrogen (secondary N) is 1. The predicted molar refractivity (Wildman–Crippen MR) is 99.2 cm³/mol. The van der Waals surface area contributed by atoms with E-state index in [1.54, 1.807) is 0 Å². The summed E-state index contributed by atoms with van der Waals surface area (Å²) >= 11 is 0. The number of hydrogen-bond acceptors (Lipinski definition) is 4. The molecule has 0 fully saturated rings. The highest BCUT2D eigenvalue weighted by Gasteiger charge is 2.58. The number of nitrogens with zero attached hydrogens (tertiary/aromatic N) is 1. The molecule has 25 heavy (non-hydrogen) atoms. The smallest absolute Gasteiger partial charge is 0.213 e. The Hall–Kier alpha value is -2.30. The maximum atomic E-state index is 11.4. The van der Waals surface area contributed by atoms with Crippen LogP contribution in [0.5, 0.6) is 0 Å². The van der Waals surface area contributed by atoms with Crippen molar-refractivity contribution in [2.45, 2.75) is 44.9 Å². The summed E-state index contributed by atoms with van der Waals surface area (Å²) in [6, 6.07) is 14.4. The average Bonchev–Trinajstić information content (AvgIpc) is 2.83. The summed E-state index contributed by atoms with van der Waals surface area (Å²) in [5.74, 6) is 0. The van der Waals surface area contributed by atoms with Crippen LogP contribution in [0, 0.1) is 0 Å². The first-order chi connectivity index (χ1) is 11.9. The quantitative estimate of drug-likeness (QED) is 0.769. The van der Waals surface area contributed by atoms with Crippen LogP contribution in [0.25, 0.3) is 5.57 Å². The third kappa shape index (κ3) is 1.78. The zero-order valence-electron chi connectivity index (χ0n) is 14.7. The Kier molecular flexibility index (Phi) is 2.79. The van der Waals surface area contributed by atoms with Crippen molar-refractivity contribution in [3.63, 3.8) is 0 Å². The largest absolute Gasteiger partial charge is 0.369 e. The van der Waals surface area contributed by atoms with Gasteiger partial charge in [0, 0.05) is 22.4 Å². The van der Waals surface area contributed by atoms with Gasteiger partial charge in [-0.3, -0.25) is 0 Å². The van der Waals surface area contributed by atoms with Crippen molar-refractivity contribution >= 4 is 16.9 Å². The number of allylic oxidation sites excluding steroid dienone is 1. The SMILES string of the molecule is CC1=CC(C)(C)N2c3c1cccc3[C@]1(Nc3ccccc3CO1)[C@H]2O. The van der Waals surface area contributed by atoms with Gasteiger partial charge in [0.05, 0.1) is 17.8 Å². The summed E-state index contributed by atoms with van der Waals surface area (Å²) in [6.45, 7) is 6.88. The molecule has 4 heteroatoms. The number of aliphatic hydroxyl groups is 1. The molecule has 4 nitrogen and oxygen atoms in total. The molecule has 3 aliphatic heterocycles. The van der Waals surface area contributed by atoms with Crippen molar-refractivity contribution in [1.82, 2.24) is 0 Å². The molecule has 0 saturated carbocycles. The third-order valence-corrected chi connectivity index (χ3v) is 5.69. The Morgan fingerprint density at radius 3 is 2.80 bits per heavy atom. The molecule has 0 saturated heterocycles. The van der Waals surface area contributed by atoms with Gasteiger partial charge in [0.2, 0.25) is 5.72 Å². The van der Waals surface area contributed by atoms with E-state index in [1.165, 1.54) is 5.57 Å². The lowest BCUT2D eigenvalue weighted by Crippen LogP contribution is -2.58. The van der Waals surface area contributed by atoms with E-state index in [0.29, 0.717) is 6.61 Å². The minimum Gasteiger partial charge on any atom is -0.369 e. The molecule has 0 radical (unpaired) electrons. The number of para-hydroxylation sites is 2. The number of anilines is 2. The molecule has 0 amide bonds. The molecule has 3 heterocycles. The highest BCUT2D eigenvalue weighted by atomic mass is 16.5. The predicted octanol–water partition coefficient (Wildman–Crippen LogP) is 3.82. The highest BCUT2D eigenvalue weighted by molar-refractivity contribution is 5.86. The van der Waals surface area contributed by atoms with Gasteiger partial charge in [0.15, 0.2) is 6.23 Å². The summed E-state index contributed by atoms with van der Waals surface area (Å²) < 4.78 is 6.31. The first kappa shape index (κ1) is 15.0. The second-order valence-electron chi connectivity index (χ2n) is 7.73. The third-order valence-electron chi connectivity index (χ3n) is 5.69. The molecule has 2 aromatic carbocycles. The number of rotatable bonds is 0. The van der Waals surface area contributed by atoms with Crippen LogP contribution in [0.2, 0.25) is 0 Å². The van der Waals surface area contributed by atoms with E-state index in [2.05, 4.69) is 55.3 Å². The maximum absolute atomic E-state index is 11.4. The number of fused-ring (bicyclic) bond motifs is 2. The molecule has 2 atom stereocenters. The van der Waals surface area contributed by atoms with Gasteiger partial charge in [-0.2, -0.15) is 0 Å². The van der Waals surface area contributed by atoms with Crippen molar-refractivity contribution in [3.8, 4) is 0 Å². The molecule has 0 aromatic heterocycles. The van der Waals surface area contributed by atoms with Gasteiger partial charge in [-0.1, -0.05) is 42.5 Å². The zero-order valence-corrected chi connectivity index (χ0v) is 14.7. The molecule has 128 valence electrons. The van der Waals surface area contributed by atoms with E-state index in [0.717, 1.165) is 28.1 Å². The fourth-order valence-corrected chi connectivity index (χ4v) is 4.62. The first-order valence-corrected chi connectivity index (χ1v) is 8.75. The van der Waals surface area contributed by atoms with Gasteiger partial charge in [0.1, 0.15) is 0 Å². The second-order valence-corrected chi connectivity index (χ2v) is 7.73. The molecule has 0 unspecified atom stereocenters. The Morgan fingerprint density at radius 1 is 1.16 bits per heavy atom. The topological polar surface area (TPSA) is 44.7 Å². The van der Waals surface area contributed by atoms with Crippen molar-refractivity contribution in [3.05, 3.63) is 65.2 Å². The van der Waals surface area contributed by atoms with Crippen LogP contribution >= 0.6 is 0 Å². The van der Waals surface area contributed by atoms with Crippen molar-refractivity contribution in [1.29, 1.82) is 0 Å². The van der Waals surface area contributed by atoms with E-state index in [-0.39, 0.29) is 5.54 Å². The van der Waals surface area contributed by atoms with E-state index >= 15 is 0 Å². The van der Waals surface area contributed by atoms with E-state index < -0.39 is 12.0 Å². The number of aliphatic hydroxyl groups excluding tert-OH is 1. The molecular weight excluding hydrogens is 312 g/mol. The monoisotopic (exact) mass is 334 g/mol.